The number of hydrogen-bond acceptors (Lipinski definition) is 4. The molecule has 8 heteroatoms. The lowest BCUT2D eigenvalue weighted by Crippen LogP contribution is -2.37. The van der Waals surface area contributed by atoms with Crippen LogP contribution in [0.25, 0.3) is 6.08 Å². The highest BCUT2D eigenvalue weighted by Gasteiger charge is 2.44. The van der Waals surface area contributed by atoms with Crippen LogP contribution in [0.1, 0.15) is 23.5 Å². The number of rotatable bonds is 6. The maximum Gasteiger partial charge on any atom is 0.293 e. The molecule has 2 fully saturated rings. The summed E-state index contributed by atoms with van der Waals surface area (Å²) in [6.07, 6.45) is 2.14. The average molecular weight is 445 g/mol. The second kappa shape index (κ2) is 8.62. The topological polar surface area (TPSA) is 66.5 Å². The van der Waals surface area contributed by atoms with Crippen LogP contribution in [-0.4, -0.2) is 35.0 Å². The van der Waals surface area contributed by atoms with E-state index in [9.17, 15) is 18.8 Å². The van der Waals surface area contributed by atoms with Crippen LogP contribution in [0.4, 0.5) is 9.18 Å². The van der Waals surface area contributed by atoms with E-state index in [0.29, 0.717) is 5.02 Å². The van der Waals surface area contributed by atoms with Crippen LogP contribution in [0.2, 0.25) is 5.02 Å². The maximum atomic E-state index is 13.8. The summed E-state index contributed by atoms with van der Waals surface area (Å²) in [4.78, 5) is 38.2. The quantitative estimate of drug-likeness (QED) is 0.669. The molecular weight excluding hydrogens is 427 g/mol. The molecule has 5 nitrogen and oxygen atoms in total. The highest BCUT2D eigenvalue weighted by molar-refractivity contribution is 8.18. The standard InChI is InChI=1S/C22H18ClFN2O3S/c23-15-7-5-13(6-8-15)16-12-17(16)20(27)25-9-10-26-21(28)19(30-22(26)29)11-14-3-1-2-4-18(14)24/h1-8,11,16-17H,9-10,12H2,(H,25,27). The zero-order chi connectivity index (χ0) is 21.3. The van der Waals surface area contributed by atoms with Crippen molar-refractivity contribution in [2.45, 2.75) is 12.3 Å². The van der Waals surface area contributed by atoms with Crippen molar-refractivity contribution in [2.75, 3.05) is 13.1 Å². The average Bonchev–Trinajstić information content (AvgIpc) is 3.48. The molecule has 4 rings (SSSR count). The lowest BCUT2D eigenvalue weighted by atomic mass is 10.1. The second-order valence-corrected chi connectivity index (χ2v) is 8.58. The molecule has 154 valence electrons. The summed E-state index contributed by atoms with van der Waals surface area (Å²) in [5.41, 5.74) is 1.32. The molecule has 2 unspecified atom stereocenters. The lowest BCUT2D eigenvalue weighted by molar-refractivity contribution is -0.124. The first-order valence-corrected chi connectivity index (χ1v) is 10.7. The van der Waals surface area contributed by atoms with Crippen LogP contribution in [0, 0.1) is 11.7 Å². The number of hydrogen-bond donors (Lipinski definition) is 1. The highest BCUT2D eigenvalue weighted by Crippen LogP contribution is 2.47. The molecule has 1 aliphatic carbocycles. The number of carbonyl (C=O) groups is 3. The molecule has 1 saturated carbocycles. The molecular formula is C22H18ClFN2O3S. The van der Waals surface area contributed by atoms with E-state index in [1.807, 2.05) is 12.1 Å². The minimum absolute atomic E-state index is 0.0728. The predicted octanol–water partition coefficient (Wildman–Crippen LogP) is 4.44. The molecule has 0 radical (unpaired) electrons. The first-order valence-electron chi connectivity index (χ1n) is 9.47. The number of carbonyl (C=O) groups excluding carboxylic acids is 3. The van der Waals surface area contributed by atoms with E-state index in [1.54, 1.807) is 24.3 Å². The van der Waals surface area contributed by atoms with Crippen LogP contribution in [0.3, 0.4) is 0 Å². The number of halogens is 2. The Morgan fingerprint density at radius 3 is 2.67 bits per heavy atom. The van der Waals surface area contributed by atoms with Gasteiger partial charge < -0.3 is 5.32 Å². The van der Waals surface area contributed by atoms with Crippen LogP contribution in [0.15, 0.2) is 53.4 Å². The molecule has 2 aromatic carbocycles. The number of nitrogens with one attached hydrogen (secondary N) is 1. The SMILES string of the molecule is O=C(NCCN1C(=O)SC(=Cc2ccccc2F)C1=O)C1CC1c1ccc(Cl)cc1. The molecule has 0 bridgehead atoms. The van der Waals surface area contributed by atoms with Crippen molar-refractivity contribution >= 4 is 46.5 Å². The van der Waals surface area contributed by atoms with Crippen molar-refractivity contribution in [1.29, 1.82) is 0 Å². The molecule has 3 amide bonds. The van der Waals surface area contributed by atoms with E-state index >= 15 is 0 Å². The Morgan fingerprint density at radius 1 is 1.20 bits per heavy atom. The fraction of sp³-hybridized carbons (Fsp3) is 0.227. The summed E-state index contributed by atoms with van der Waals surface area (Å²) in [7, 11) is 0. The fourth-order valence-corrected chi connectivity index (χ4v) is 4.39. The molecule has 1 aliphatic heterocycles. The van der Waals surface area contributed by atoms with Gasteiger partial charge in [-0.1, -0.05) is 41.9 Å². The van der Waals surface area contributed by atoms with Gasteiger partial charge in [-0.25, -0.2) is 4.39 Å². The predicted molar refractivity (Wildman–Crippen MR) is 114 cm³/mol. The second-order valence-electron chi connectivity index (χ2n) is 7.15. The van der Waals surface area contributed by atoms with Gasteiger partial charge in [0.2, 0.25) is 5.91 Å². The zero-order valence-corrected chi connectivity index (χ0v) is 17.4. The number of nitrogens with zero attached hydrogens (tertiary/aromatic N) is 1. The Kier molecular flexibility index (Phi) is 5.92. The third kappa shape index (κ3) is 4.42. The van der Waals surface area contributed by atoms with Crippen molar-refractivity contribution in [1.82, 2.24) is 10.2 Å². The molecule has 30 heavy (non-hydrogen) atoms. The largest absolute Gasteiger partial charge is 0.354 e. The summed E-state index contributed by atoms with van der Waals surface area (Å²) in [5.74, 6) is -0.974. The van der Waals surface area contributed by atoms with E-state index in [1.165, 1.54) is 18.2 Å². The van der Waals surface area contributed by atoms with Gasteiger partial charge in [-0.05, 0) is 53.9 Å². The van der Waals surface area contributed by atoms with Gasteiger partial charge in [0.25, 0.3) is 11.1 Å². The number of thioether (sulfide) groups is 1. The summed E-state index contributed by atoms with van der Waals surface area (Å²) >= 11 is 6.66. The Balaban J connectivity index is 1.29. The molecule has 2 aliphatic rings. The van der Waals surface area contributed by atoms with Crippen LogP contribution >= 0.6 is 23.4 Å². The van der Waals surface area contributed by atoms with Crippen LogP contribution in [-0.2, 0) is 9.59 Å². The van der Waals surface area contributed by atoms with Gasteiger partial charge in [-0.2, -0.15) is 0 Å². The van der Waals surface area contributed by atoms with Crippen molar-refractivity contribution in [2.24, 2.45) is 5.92 Å². The number of imide groups is 1. The van der Waals surface area contributed by atoms with E-state index in [2.05, 4.69) is 5.32 Å². The summed E-state index contributed by atoms with van der Waals surface area (Å²) in [5, 5.41) is 3.02. The third-order valence-corrected chi connectivity index (χ3v) is 6.28. The number of amides is 3. The maximum absolute atomic E-state index is 13.8. The van der Waals surface area contributed by atoms with E-state index in [0.717, 1.165) is 28.6 Å². The summed E-state index contributed by atoms with van der Waals surface area (Å²) in [6, 6.07) is 13.5. The Labute approximate surface area is 182 Å². The van der Waals surface area contributed by atoms with E-state index < -0.39 is 17.0 Å². The summed E-state index contributed by atoms with van der Waals surface area (Å²) in [6.45, 7) is 0.247. The molecule has 2 atom stereocenters. The van der Waals surface area contributed by atoms with Crippen molar-refractivity contribution < 1.29 is 18.8 Å². The van der Waals surface area contributed by atoms with Gasteiger partial charge in [0.15, 0.2) is 0 Å². The van der Waals surface area contributed by atoms with Gasteiger partial charge in [0, 0.05) is 29.6 Å². The van der Waals surface area contributed by atoms with E-state index in [4.69, 9.17) is 11.6 Å². The Morgan fingerprint density at radius 2 is 1.93 bits per heavy atom. The summed E-state index contributed by atoms with van der Waals surface area (Å²) < 4.78 is 13.8. The zero-order valence-electron chi connectivity index (χ0n) is 15.8. The molecule has 1 saturated heterocycles. The van der Waals surface area contributed by atoms with Crippen molar-refractivity contribution in [3.8, 4) is 0 Å². The van der Waals surface area contributed by atoms with Gasteiger partial charge in [0.1, 0.15) is 5.82 Å². The normalized spacial score (nSPS) is 21.9. The van der Waals surface area contributed by atoms with Gasteiger partial charge in [0.05, 0.1) is 4.91 Å². The van der Waals surface area contributed by atoms with Gasteiger partial charge >= 0.3 is 0 Å². The molecule has 1 N–H and O–H groups in total. The molecule has 1 heterocycles. The lowest BCUT2D eigenvalue weighted by Gasteiger charge is -2.13. The third-order valence-electron chi connectivity index (χ3n) is 5.13. The van der Waals surface area contributed by atoms with Gasteiger partial charge in [-0.3, -0.25) is 19.3 Å². The highest BCUT2D eigenvalue weighted by atomic mass is 35.5. The first kappa shape index (κ1) is 20.6. The number of benzene rings is 2. The smallest absolute Gasteiger partial charge is 0.293 e. The van der Waals surface area contributed by atoms with Crippen LogP contribution in [0.5, 0.6) is 0 Å². The Bertz CT molecular complexity index is 1040. The first-order chi connectivity index (χ1) is 14.4. The van der Waals surface area contributed by atoms with E-state index in [-0.39, 0.29) is 41.3 Å². The molecule has 2 aromatic rings. The van der Waals surface area contributed by atoms with Crippen LogP contribution < -0.4 is 5.32 Å². The minimum Gasteiger partial charge on any atom is -0.354 e. The molecule has 0 aromatic heterocycles. The van der Waals surface area contributed by atoms with Gasteiger partial charge in [-0.15, -0.1) is 0 Å². The minimum atomic E-state index is -0.479. The Hall–Kier alpha value is -2.64. The van der Waals surface area contributed by atoms with Crippen molar-refractivity contribution in [3.63, 3.8) is 0 Å². The monoisotopic (exact) mass is 444 g/mol. The van der Waals surface area contributed by atoms with Crippen molar-refractivity contribution in [3.05, 3.63) is 75.4 Å². The molecule has 0 spiro atoms. The fourth-order valence-electron chi connectivity index (χ4n) is 3.41.